The van der Waals surface area contributed by atoms with Gasteiger partial charge in [0.25, 0.3) is 0 Å². The monoisotopic (exact) mass is 278 g/mol. The van der Waals surface area contributed by atoms with Crippen LogP contribution in [0, 0.1) is 0 Å². The third-order valence-electron chi connectivity index (χ3n) is 1.86. The van der Waals surface area contributed by atoms with Gasteiger partial charge in [0.2, 0.25) is 0 Å². The van der Waals surface area contributed by atoms with Crippen LogP contribution in [0.2, 0.25) is 0 Å². The van der Waals surface area contributed by atoms with Crippen LogP contribution in [0.15, 0.2) is 36.4 Å². The smallest absolute Gasteiger partial charge is 0.166 e. The van der Waals surface area contributed by atoms with Gasteiger partial charge in [-0.05, 0) is 18.1 Å². The molecule has 0 spiro atoms. The van der Waals surface area contributed by atoms with Crippen LogP contribution in [0.5, 0.6) is 0 Å². The lowest BCUT2D eigenvalue weighted by Crippen LogP contribution is -2.04. The maximum absolute atomic E-state index is 12.3. The highest BCUT2D eigenvalue weighted by Gasteiger charge is 2.30. The fourth-order valence-electron chi connectivity index (χ4n) is 1.16. The molecular formula is C11H10BrF3. The summed E-state index contributed by atoms with van der Waals surface area (Å²) in [5, 5.41) is 0.714. The number of hydrogen-bond acceptors (Lipinski definition) is 0. The summed E-state index contributed by atoms with van der Waals surface area (Å²) in [5.41, 5.74) is 0.0780. The van der Waals surface area contributed by atoms with Crippen molar-refractivity contribution in [3.63, 3.8) is 0 Å². The average molecular weight is 279 g/mol. The van der Waals surface area contributed by atoms with E-state index in [1.54, 1.807) is 6.07 Å². The zero-order chi connectivity index (χ0) is 11.3. The van der Waals surface area contributed by atoms with Crippen LogP contribution in [0.25, 0.3) is 0 Å². The van der Waals surface area contributed by atoms with Crippen molar-refractivity contribution >= 4 is 15.9 Å². The van der Waals surface area contributed by atoms with E-state index in [2.05, 4.69) is 15.9 Å². The molecule has 0 N–H and O–H groups in total. The highest BCUT2D eigenvalue weighted by molar-refractivity contribution is 9.09. The molecule has 0 aliphatic heterocycles. The Hall–Kier alpha value is -0.770. The summed E-state index contributed by atoms with van der Waals surface area (Å²) in [6.07, 6.45) is -0.0326. The minimum absolute atomic E-state index is 0.523. The molecule has 0 unspecified atom stereocenters. The third kappa shape index (κ3) is 4.08. The van der Waals surface area contributed by atoms with Gasteiger partial charge in [-0.1, -0.05) is 46.3 Å². The van der Waals surface area contributed by atoms with E-state index >= 15 is 0 Å². The van der Waals surface area contributed by atoms with Gasteiger partial charge in [0.1, 0.15) is 0 Å². The number of rotatable bonds is 3. The van der Waals surface area contributed by atoms with Crippen molar-refractivity contribution in [2.24, 2.45) is 0 Å². The Morgan fingerprint density at radius 2 is 1.93 bits per heavy atom. The highest BCUT2D eigenvalue weighted by atomic mass is 79.9. The number of halogens is 4. The van der Waals surface area contributed by atoms with Crippen molar-refractivity contribution in [1.82, 2.24) is 0 Å². The molecule has 0 bridgehead atoms. The Balaban J connectivity index is 2.79. The van der Waals surface area contributed by atoms with Crippen LogP contribution in [0.4, 0.5) is 13.2 Å². The normalized spacial score (nSPS) is 12.3. The second-order valence-corrected chi connectivity index (χ2v) is 3.68. The lowest BCUT2D eigenvalue weighted by Gasteiger charge is -2.07. The summed E-state index contributed by atoms with van der Waals surface area (Å²) in [7, 11) is 0. The zero-order valence-corrected chi connectivity index (χ0v) is 9.48. The molecule has 0 heterocycles. The van der Waals surface area contributed by atoms with Gasteiger partial charge in [-0.15, -0.1) is 0 Å². The fourth-order valence-corrected chi connectivity index (χ4v) is 1.42. The Morgan fingerprint density at radius 1 is 1.20 bits per heavy atom. The van der Waals surface area contributed by atoms with E-state index in [0.29, 0.717) is 17.3 Å². The van der Waals surface area contributed by atoms with Gasteiger partial charge in [-0.2, -0.15) is 13.2 Å². The quantitative estimate of drug-likeness (QED) is 0.574. The second-order valence-electron chi connectivity index (χ2n) is 3.03. The minimum atomic E-state index is -4.25. The van der Waals surface area contributed by atoms with E-state index < -0.39 is 11.7 Å². The lowest BCUT2D eigenvalue weighted by atomic mass is 10.1. The molecule has 1 aromatic carbocycles. The Morgan fingerprint density at radius 3 is 2.53 bits per heavy atom. The molecule has 0 fully saturated rings. The Bertz CT molecular complexity index is 342. The van der Waals surface area contributed by atoms with Crippen LogP contribution in [-0.2, 0) is 12.6 Å². The van der Waals surface area contributed by atoms with E-state index in [4.69, 9.17) is 0 Å². The van der Waals surface area contributed by atoms with Crippen LogP contribution in [-0.4, -0.2) is 5.33 Å². The molecule has 0 atom stereocenters. The summed E-state index contributed by atoms with van der Waals surface area (Å²) in [4.78, 5) is 0. The second kappa shape index (κ2) is 5.35. The molecule has 1 rings (SSSR count). The maximum atomic E-state index is 12.3. The molecule has 0 saturated carbocycles. The van der Waals surface area contributed by atoms with Crippen LogP contribution in [0.1, 0.15) is 11.1 Å². The van der Waals surface area contributed by atoms with E-state index in [1.807, 2.05) is 12.2 Å². The predicted molar refractivity (Wildman–Crippen MR) is 58.1 cm³/mol. The first-order chi connectivity index (χ1) is 7.04. The van der Waals surface area contributed by atoms with E-state index in [9.17, 15) is 13.2 Å². The largest absolute Gasteiger partial charge is 0.416 e. The molecule has 15 heavy (non-hydrogen) atoms. The molecule has 0 saturated heterocycles. The highest BCUT2D eigenvalue weighted by Crippen LogP contribution is 2.29. The average Bonchev–Trinajstić information content (AvgIpc) is 2.17. The van der Waals surface area contributed by atoms with Crippen LogP contribution >= 0.6 is 15.9 Å². The molecule has 82 valence electrons. The van der Waals surface area contributed by atoms with Gasteiger partial charge >= 0.3 is 6.18 Å². The molecule has 0 aliphatic carbocycles. The van der Waals surface area contributed by atoms with Gasteiger partial charge in [0.15, 0.2) is 0 Å². The molecule has 0 amide bonds. The summed E-state index contributed by atoms with van der Waals surface area (Å²) in [6.45, 7) is 0. The maximum Gasteiger partial charge on any atom is 0.416 e. The van der Waals surface area contributed by atoms with E-state index in [1.165, 1.54) is 12.1 Å². The standard InChI is InChI=1S/C11H10BrF3/c12-7-2-1-4-9-5-3-6-10(8-9)11(13,14)15/h1-3,5-6,8H,4,7H2/b2-1+. The minimum Gasteiger partial charge on any atom is -0.166 e. The number of alkyl halides is 4. The Kier molecular flexibility index (Phi) is 4.39. The first-order valence-electron chi connectivity index (χ1n) is 4.41. The van der Waals surface area contributed by atoms with Gasteiger partial charge < -0.3 is 0 Å². The van der Waals surface area contributed by atoms with E-state index in [0.717, 1.165) is 6.07 Å². The Labute approximate surface area is 94.9 Å². The molecule has 4 heteroatoms. The molecule has 0 radical (unpaired) electrons. The van der Waals surface area contributed by atoms with Gasteiger partial charge in [0.05, 0.1) is 5.56 Å². The summed E-state index contributed by atoms with van der Waals surface area (Å²) in [5.74, 6) is 0. The summed E-state index contributed by atoms with van der Waals surface area (Å²) >= 11 is 3.20. The molecule has 1 aromatic rings. The topological polar surface area (TPSA) is 0 Å². The van der Waals surface area contributed by atoms with Crippen molar-refractivity contribution in [2.75, 3.05) is 5.33 Å². The molecule has 0 nitrogen and oxygen atoms in total. The first kappa shape index (κ1) is 12.3. The van der Waals surface area contributed by atoms with Crippen LogP contribution in [0.3, 0.4) is 0 Å². The van der Waals surface area contributed by atoms with Crippen molar-refractivity contribution in [3.05, 3.63) is 47.5 Å². The predicted octanol–water partition coefficient (Wildman–Crippen LogP) is 4.20. The summed E-state index contributed by atoms with van der Waals surface area (Å²) < 4.78 is 37.0. The summed E-state index contributed by atoms with van der Waals surface area (Å²) in [6, 6.07) is 5.38. The van der Waals surface area contributed by atoms with E-state index in [-0.39, 0.29) is 0 Å². The van der Waals surface area contributed by atoms with Crippen molar-refractivity contribution in [3.8, 4) is 0 Å². The van der Waals surface area contributed by atoms with Crippen LogP contribution < -0.4 is 0 Å². The van der Waals surface area contributed by atoms with Crippen molar-refractivity contribution in [2.45, 2.75) is 12.6 Å². The molecular weight excluding hydrogens is 269 g/mol. The van der Waals surface area contributed by atoms with Crippen molar-refractivity contribution in [1.29, 1.82) is 0 Å². The van der Waals surface area contributed by atoms with Gasteiger partial charge in [-0.25, -0.2) is 0 Å². The van der Waals surface area contributed by atoms with Gasteiger partial charge in [0, 0.05) is 5.33 Å². The number of allylic oxidation sites excluding steroid dienone is 2. The third-order valence-corrected chi connectivity index (χ3v) is 2.24. The van der Waals surface area contributed by atoms with Gasteiger partial charge in [-0.3, -0.25) is 0 Å². The SMILES string of the molecule is FC(F)(F)c1cccc(C/C=C/CBr)c1. The lowest BCUT2D eigenvalue weighted by molar-refractivity contribution is -0.137. The molecule has 0 aliphatic rings. The van der Waals surface area contributed by atoms with Crippen molar-refractivity contribution < 1.29 is 13.2 Å². The fraction of sp³-hybridized carbons (Fsp3) is 0.273. The first-order valence-corrected chi connectivity index (χ1v) is 5.53. The number of hydrogen-bond donors (Lipinski definition) is 0. The molecule has 0 aromatic heterocycles. The zero-order valence-electron chi connectivity index (χ0n) is 7.89. The number of benzene rings is 1.